The summed E-state index contributed by atoms with van der Waals surface area (Å²) in [4.78, 5) is 28.6. The van der Waals surface area contributed by atoms with E-state index >= 15 is 0 Å². The van der Waals surface area contributed by atoms with Gasteiger partial charge in [0.25, 0.3) is 0 Å². The van der Waals surface area contributed by atoms with Gasteiger partial charge in [0, 0.05) is 23.5 Å². The number of hydrogen-bond donors (Lipinski definition) is 0. The van der Waals surface area contributed by atoms with E-state index in [4.69, 9.17) is 4.74 Å². The van der Waals surface area contributed by atoms with Crippen LogP contribution in [0.15, 0.2) is 55.6 Å². The fraction of sp³-hybridized carbons (Fsp3) is 0.238. The predicted molar refractivity (Wildman–Crippen MR) is 104 cm³/mol. The van der Waals surface area contributed by atoms with Gasteiger partial charge in [0.2, 0.25) is 5.78 Å². The summed E-state index contributed by atoms with van der Waals surface area (Å²) in [5.74, 6) is -0.750. The highest BCUT2D eigenvalue weighted by Gasteiger charge is 2.17. The van der Waals surface area contributed by atoms with Crippen molar-refractivity contribution >= 4 is 11.8 Å². The topological polar surface area (TPSA) is 79.0 Å². The Morgan fingerprint density at radius 1 is 1.21 bits per heavy atom. The molecule has 1 aromatic carbocycles. The molecule has 0 N–H and O–H groups in total. The second kappa shape index (κ2) is 8.47. The second-order valence-corrected chi connectivity index (χ2v) is 6.47. The highest BCUT2D eigenvalue weighted by atomic mass is 16.5. The van der Waals surface area contributed by atoms with E-state index in [0.29, 0.717) is 24.2 Å². The van der Waals surface area contributed by atoms with E-state index in [9.17, 15) is 9.59 Å². The van der Waals surface area contributed by atoms with Crippen LogP contribution in [-0.4, -0.2) is 37.7 Å². The number of benzene rings is 1. The van der Waals surface area contributed by atoms with Gasteiger partial charge in [-0.2, -0.15) is 5.10 Å². The first-order valence-electron chi connectivity index (χ1n) is 8.89. The molecule has 2 heterocycles. The van der Waals surface area contributed by atoms with Gasteiger partial charge in [0.05, 0.1) is 12.1 Å². The molecule has 3 rings (SSSR count). The minimum Gasteiger partial charge on any atom is -0.454 e. The molecule has 7 nitrogen and oxygen atoms in total. The highest BCUT2D eigenvalue weighted by molar-refractivity contribution is 6.00. The molecule has 0 fully saturated rings. The normalized spacial score (nSPS) is 10.6. The molecule has 0 unspecified atom stereocenters. The maximum atomic E-state index is 12.5. The summed E-state index contributed by atoms with van der Waals surface area (Å²) < 4.78 is 8.89. The van der Waals surface area contributed by atoms with Crippen molar-refractivity contribution in [2.75, 3.05) is 6.61 Å². The third-order valence-corrected chi connectivity index (χ3v) is 4.52. The van der Waals surface area contributed by atoms with E-state index in [-0.39, 0.29) is 12.4 Å². The molecule has 0 atom stereocenters. The number of ether oxygens (including phenoxy) is 1. The third-order valence-electron chi connectivity index (χ3n) is 4.52. The first-order chi connectivity index (χ1) is 13.5. The average molecular weight is 378 g/mol. The molecular weight excluding hydrogens is 356 g/mol. The van der Waals surface area contributed by atoms with Crippen molar-refractivity contribution in [1.82, 2.24) is 19.3 Å². The number of Topliss-reactive ketones (excluding diaryl/α,β-unsaturated/α-hetero) is 1. The van der Waals surface area contributed by atoms with Crippen molar-refractivity contribution < 1.29 is 14.3 Å². The maximum absolute atomic E-state index is 12.5. The van der Waals surface area contributed by atoms with Crippen molar-refractivity contribution in [3.05, 3.63) is 83.7 Å². The van der Waals surface area contributed by atoms with Crippen LogP contribution >= 0.6 is 0 Å². The van der Waals surface area contributed by atoms with E-state index in [1.807, 2.05) is 36.6 Å². The van der Waals surface area contributed by atoms with Crippen LogP contribution in [0.3, 0.4) is 0 Å². The molecule has 2 aromatic heterocycles. The smallest absolute Gasteiger partial charge is 0.338 e. The Morgan fingerprint density at radius 3 is 2.61 bits per heavy atom. The first-order valence-corrected chi connectivity index (χ1v) is 8.89. The molecule has 3 aromatic rings. The number of ketones is 1. The van der Waals surface area contributed by atoms with Gasteiger partial charge in [-0.05, 0) is 37.6 Å². The van der Waals surface area contributed by atoms with Crippen molar-refractivity contribution in [1.29, 1.82) is 0 Å². The quantitative estimate of drug-likeness (QED) is 0.342. The van der Waals surface area contributed by atoms with Gasteiger partial charge in [0.1, 0.15) is 12.7 Å². The van der Waals surface area contributed by atoms with Gasteiger partial charge in [-0.25, -0.2) is 14.5 Å². The lowest BCUT2D eigenvalue weighted by Crippen LogP contribution is -2.15. The van der Waals surface area contributed by atoms with Crippen molar-refractivity contribution in [2.24, 2.45) is 0 Å². The van der Waals surface area contributed by atoms with Crippen molar-refractivity contribution in [3.63, 3.8) is 0 Å². The van der Waals surface area contributed by atoms with Gasteiger partial charge >= 0.3 is 5.97 Å². The fourth-order valence-corrected chi connectivity index (χ4v) is 3.03. The highest BCUT2D eigenvalue weighted by Crippen LogP contribution is 2.16. The summed E-state index contributed by atoms with van der Waals surface area (Å²) in [6.45, 7) is 8.43. The van der Waals surface area contributed by atoms with Crippen LogP contribution in [0.2, 0.25) is 0 Å². The van der Waals surface area contributed by atoms with E-state index in [1.54, 1.807) is 29.2 Å². The number of carbonyl (C=O) groups excluding carboxylic acids is 2. The van der Waals surface area contributed by atoms with E-state index in [0.717, 1.165) is 17.0 Å². The zero-order valence-electron chi connectivity index (χ0n) is 16.0. The summed E-state index contributed by atoms with van der Waals surface area (Å²) in [5, 5.41) is 4.04. The summed E-state index contributed by atoms with van der Waals surface area (Å²) >= 11 is 0. The predicted octanol–water partition coefficient (Wildman–Crippen LogP) is 2.97. The Hall–Kier alpha value is -3.48. The summed E-state index contributed by atoms with van der Waals surface area (Å²) in [5.41, 5.74) is 3.75. The summed E-state index contributed by atoms with van der Waals surface area (Å²) in [6.07, 6.45) is 4.87. The van der Waals surface area contributed by atoms with Crippen LogP contribution in [0.25, 0.3) is 0 Å². The molecule has 0 radical (unpaired) electrons. The fourth-order valence-electron chi connectivity index (χ4n) is 3.03. The first kappa shape index (κ1) is 19.3. The number of aromatic nitrogens is 4. The lowest BCUT2D eigenvalue weighted by Gasteiger charge is -2.07. The van der Waals surface area contributed by atoms with Crippen LogP contribution < -0.4 is 0 Å². The molecule has 0 bridgehead atoms. The molecule has 0 saturated carbocycles. The summed E-state index contributed by atoms with van der Waals surface area (Å²) in [7, 11) is 0. The summed E-state index contributed by atoms with van der Waals surface area (Å²) in [6, 6.07) is 8.81. The minimum atomic E-state index is -0.527. The Labute approximate surface area is 163 Å². The number of allylic oxidation sites excluding steroid dienone is 1. The minimum absolute atomic E-state index is 0.223. The largest absolute Gasteiger partial charge is 0.454 e. The molecule has 28 heavy (non-hydrogen) atoms. The van der Waals surface area contributed by atoms with Gasteiger partial charge < -0.3 is 9.30 Å². The number of rotatable bonds is 8. The number of nitrogens with zero attached hydrogens (tertiary/aromatic N) is 4. The van der Waals surface area contributed by atoms with Gasteiger partial charge in [0.15, 0.2) is 6.61 Å². The molecule has 0 aliphatic rings. The molecule has 0 aliphatic heterocycles. The molecule has 0 spiro atoms. The van der Waals surface area contributed by atoms with E-state index < -0.39 is 5.97 Å². The third kappa shape index (κ3) is 4.25. The lowest BCUT2D eigenvalue weighted by atomic mass is 10.1. The zero-order chi connectivity index (χ0) is 20.1. The SMILES string of the molecule is C=CCn1c(C)cc(C(=O)COC(=O)c2ccc(Cn3cncn3)cc2)c1C. The monoisotopic (exact) mass is 378 g/mol. The van der Waals surface area contributed by atoms with Crippen molar-refractivity contribution in [2.45, 2.75) is 26.9 Å². The molecular formula is C21H22N4O3. The Morgan fingerprint density at radius 2 is 1.96 bits per heavy atom. The lowest BCUT2D eigenvalue weighted by molar-refractivity contribution is 0.0474. The van der Waals surface area contributed by atoms with E-state index in [2.05, 4.69) is 16.7 Å². The van der Waals surface area contributed by atoms with Crippen LogP contribution in [0, 0.1) is 13.8 Å². The zero-order valence-corrected chi connectivity index (χ0v) is 16.0. The van der Waals surface area contributed by atoms with Crippen LogP contribution in [0.1, 0.15) is 37.7 Å². The van der Waals surface area contributed by atoms with Gasteiger partial charge in [-0.3, -0.25) is 4.79 Å². The average Bonchev–Trinajstić information content (AvgIpc) is 3.30. The van der Waals surface area contributed by atoms with Crippen LogP contribution in [0.5, 0.6) is 0 Å². The standard InChI is InChI=1S/C21H22N4O3/c1-4-9-25-15(2)10-19(16(25)3)20(26)12-28-21(27)18-7-5-17(6-8-18)11-24-14-22-13-23-24/h4-8,10,13-14H,1,9,11-12H2,2-3H3. The molecule has 0 aliphatic carbocycles. The maximum Gasteiger partial charge on any atom is 0.338 e. The number of hydrogen-bond acceptors (Lipinski definition) is 5. The van der Waals surface area contributed by atoms with Crippen LogP contribution in [-0.2, 0) is 17.8 Å². The number of esters is 1. The number of aryl methyl sites for hydroxylation is 1. The molecule has 0 amide bonds. The Balaban J connectivity index is 1.60. The second-order valence-electron chi connectivity index (χ2n) is 6.47. The number of carbonyl (C=O) groups is 2. The Bertz CT molecular complexity index is 986. The van der Waals surface area contributed by atoms with Crippen molar-refractivity contribution in [3.8, 4) is 0 Å². The molecule has 144 valence electrons. The Kier molecular flexibility index (Phi) is 5.84. The molecule has 7 heteroatoms. The van der Waals surface area contributed by atoms with Gasteiger partial charge in [-0.15, -0.1) is 6.58 Å². The van der Waals surface area contributed by atoms with Crippen LogP contribution in [0.4, 0.5) is 0 Å². The molecule has 0 saturated heterocycles. The van der Waals surface area contributed by atoms with E-state index in [1.165, 1.54) is 6.33 Å². The van der Waals surface area contributed by atoms with Gasteiger partial charge in [-0.1, -0.05) is 18.2 Å².